The summed E-state index contributed by atoms with van der Waals surface area (Å²) in [6.07, 6.45) is 4.01. The van der Waals surface area contributed by atoms with Crippen molar-refractivity contribution >= 4 is 5.91 Å². The van der Waals surface area contributed by atoms with E-state index in [2.05, 4.69) is 22.3 Å². The zero-order chi connectivity index (χ0) is 17.4. The van der Waals surface area contributed by atoms with Crippen LogP contribution in [0.1, 0.15) is 74.7 Å². The fourth-order valence-electron chi connectivity index (χ4n) is 3.82. The molecule has 1 aromatic carbocycles. The maximum atomic E-state index is 13.1. The van der Waals surface area contributed by atoms with E-state index in [-0.39, 0.29) is 23.8 Å². The van der Waals surface area contributed by atoms with Crippen molar-refractivity contribution < 1.29 is 9.32 Å². The summed E-state index contributed by atoms with van der Waals surface area (Å²) in [7, 11) is 0. The Morgan fingerprint density at radius 3 is 2.76 bits per heavy atom. The predicted octanol–water partition coefficient (Wildman–Crippen LogP) is 4.05. The summed E-state index contributed by atoms with van der Waals surface area (Å²) in [5, 5.41) is 4.08. The van der Waals surface area contributed by atoms with E-state index in [4.69, 9.17) is 4.52 Å². The quantitative estimate of drug-likeness (QED) is 0.843. The Balaban J connectivity index is 1.50. The number of nitrogens with zero attached hydrogens (tertiary/aromatic N) is 3. The van der Waals surface area contributed by atoms with Gasteiger partial charge in [0, 0.05) is 18.4 Å². The van der Waals surface area contributed by atoms with Crippen LogP contribution in [-0.4, -0.2) is 27.5 Å². The monoisotopic (exact) mass is 339 g/mol. The highest BCUT2D eigenvalue weighted by atomic mass is 16.5. The van der Waals surface area contributed by atoms with Gasteiger partial charge in [0.1, 0.15) is 6.04 Å². The molecule has 0 spiro atoms. The number of likely N-dealkylation sites (tertiary alicyclic amines) is 1. The molecular formula is C20H25N3O2. The summed E-state index contributed by atoms with van der Waals surface area (Å²) < 4.78 is 5.50. The summed E-state index contributed by atoms with van der Waals surface area (Å²) in [6, 6.07) is 10.3. The molecule has 0 bridgehead atoms. The number of hydrogen-bond acceptors (Lipinski definition) is 4. The average Bonchev–Trinajstić information content (AvgIpc) is 3.29. The number of aromatic nitrogens is 2. The van der Waals surface area contributed by atoms with Crippen molar-refractivity contribution in [2.75, 3.05) is 6.54 Å². The standard InChI is InChI=1S/C20H25N3O2/c1-13(2)18-21-19(25-22-18)17-10-6-7-11-23(17)20(24)16-12-15(16)14-8-4-3-5-9-14/h3-5,8-9,13,15-17H,6-7,10-12H2,1-2H3/t15-,16+,17-/m0/s1. The topological polar surface area (TPSA) is 59.2 Å². The van der Waals surface area contributed by atoms with Crippen LogP contribution in [-0.2, 0) is 4.79 Å². The highest BCUT2D eigenvalue weighted by Crippen LogP contribution is 2.49. The predicted molar refractivity (Wildman–Crippen MR) is 94.0 cm³/mol. The van der Waals surface area contributed by atoms with E-state index < -0.39 is 0 Å². The van der Waals surface area contributed by atoms with Crippen molar-refractivity contribution in [3.05, 3.63) is 47.6 Å². The molecular weight excluding hydrogens is 314 g/mol. The first-order valence-corrected chi connectivity index (χ1v) is 9.34. The first-order valence-electron chi connectivity index (χ1n) is 9.34. The normalized spacial score (nSPS) is 26.0. The maximum absolute atomic E-state index is 13.1. The van der Waals surface area contributed by atoms with Crippen molar-refractivity contribution in [1.82, 2.24) is 15.0 Å². The molecule has 5 heteroatoms. The molecule has 1 amide bonds. The molecule has 2 aliphatic rings. The van der Waals surface area contributed by atoms with Crippen LogP contribution >= 0.6 is 0 Å². The summed E-state index contributed by atoms with van der Waals surface area (Å²) >= 11 is 0. The number of benzene rings is 1. The van der Waals surface area contributed by atoms with E-state index >= 15 is 0 Å². The Bertz CT molecular complexity index is 740. The van der Waals surface area contributed by atoms with Gasteiger partial charge in [-0.05, 0) is 37.2 Å². The van der Waals surface area contributed by atoms with Crippen molar-refractivity contribution in [2.45, 2.75) is 57.4 Å². The van der Waals surface area contributed by atoms with Gasteiger partial charge in [0.05, 0.1) is 0 Å². The Hall–Kier alpha value is -2.17. The minimum Gasteiger partial charge on any atom is -0.337 e. The largest absolute Gasteiger partial charge is 0.337 e. The van der Waals surface area contributed by atoms with Gasteiger partial charge < -0.3 is 9.42 Å². The fourth-order valence-corrected chi connectivity index (χ4v) is 3.82. The third-order valence-corrected chi connectivity index (χ3v) is 5.38. The molecule has 1 aliphatic heterocycles. The molecule has 2 aromatic rings. The maximum Gasteiger partial charge on any atom is 0.249 e. The van der Waals surface area contributed by atoms with E-state index in [0.29, 0.717) is 11.8 Å². The summed E-state index contributed by atoms with van der Waals surface area (Å²) in [5.41, 5.74) is 1.27. The van der Waals surface area contributed by atoms with Crippen molar-refractivity contribution in [1.29, 1.82) is 0 Å². The SMILES string of the molecule is CC(C)c1noc([C@@H]2CCCCN2C(=O)[C@@H]2C[C@H]2c2ccccc2)n1. The van der Waals surface area contributed by atoms with E-state index in [9.17, 15) is 4.79 Å². The lowest BCUT2D eigenvalue weighted by Crippen LogP contribution is -2.39. The summed E-state index contributed by atoms with van der Waals surface area (Å²) in [4.78, 5) is 19.7. The lowest BCUT2D eigenvalue weighted by molar-refractivity contribution is -0.137. The van der Waals surface area contributed by atoms with Crippen LogP contribution < -0.4 is 0 Å². The van der Waals surface area contributed by atoms with Crippen LogP contribution in [0, 0.1) is 5.92 Å². The minimum atomic E-state index is -0.0572. The molecule has 0 unspecified atom stereocenters. The second kappa shape index (κ2) is 6.62. The highest BCUT2D eigenvalue weighted by molar-refractivity contribution is 5.83. The van der Waals surface area contributed by atoms with Gasteiger partial charge in [0.2, 0.25) is 11.8 Å². The first kappa shape index (κ1) is 16.3. The van der Waals surface area contributed by atoms with Gasteiger partial charge in [0.25, 0.3) is 0 Å². The van der Waals surface area contributed by atoms with Crippen LogP contribution in [0.25, 0.3) is 0 Å². The first-order chi connectivity index (χ1) is 12.1. The Morgan fingerprint density at radius 1 is 1.24 bits per heavy atom. The van der Waals surface area contributed by atoms with Gasteiger partial charge in [-0.3, -0.25) is 4.79 Å². The van der Waals surface area contributed by atoms with Gasteiger partial charge in [-0.15, -0.1) is 0 Å². The van der Waals surface area contributed by atoms with E-state index in [1.807, 2.05) is 36.9 Å². The van der Waals surface area contributed by atoms with Gasteiger partial charge in [-0.2, -0.15) is 4.98 Å². The zero-order valence-corrected chi connectivity index (χ0v) is 14.9. The van der Waals surface area contributed by atoms with E-state index in [1.54, 1.807) is 0 Å². The molecule has 5 nitrogen and oxygen atoms in total. The smallest absolute Gasteiger partial charge is 0.249 e. The number of carbonyl (C=O) groups is 1. The number of rotatable bonds is 4. The van der Waals surface area contributed by atoms with Crippen LogP contribution in [0.5, 0.6) is 0 Å². The molecule has 1 saturated carbocycles. The average molecular weight is 339 g/mol. The van der Waals surface area contributed by atoms with Gasteiger partial charge in [-0.25, -0.2) is 0 Å². The highest BCUT2D eigenvalue weighted by Gasteiger charge is 2.47. The number of hydrogen-bond donors (Lipinski definition) is 0. The van der Waals surface area contributed by atoms with Crippen LogP contribution in [0.2, 0.25) is 0 Å². The number of amides is 1. The second-order valence-corrected chi connectivity index (χ2v) is 7.55. The zero-order valence-electron chi connectivity index (χ0n) is 14.9. The third kappa shape index (κ3) is 3.20. The van der Waals surface area contributed by atoms with Crippen molar-refractivity contribution in [3.8, 4) is 0 Å². The van der Waals surface area contributed by atoms with Gasteiger partial charge in [0.15, 0.2) is 5.82 Å². The number of piperidine rings is 1. The minimum absolute atomic E-state index is 0.0572. The van der Waals surface area contributed by atoms with Crippen molar-refractivity contribution in [3.63, 3.8) is 0 Å². The third-order valence-electron chi connectivity index (χ3n) is 5.38. The van der Waals surface area contributed by atoms with E-state index in [0.717, 1.165) is 38.1 Å². The molecule has 0 N–H and O–H groups in total. The molecule has 0 radical (unpaired) electrons. The van der Waals surface area contributed by atoms with Crippen molar-refractivity contribution in [2.24, 2.45) is 5.92 Å². The lowest BCUT2D eigenvalue weighted by Gasteiger charge is -2.33. The molecule has 4 rings (SSSR count). The molecule has 3 atom stereocenters. The van der Waals surface area contributed by atoms with Gasteiger partial charge >= 0.3 is 0 Å². The van der Waals surface area contributed by atoms with Crippen LogP contribution in [0.3, 0.4) is 0 Å². The molecule has 132 valence electrons. The lowest BCUT2D eigenvalue weighted by atomic mass is 10.0. The Kier molecular flexibility index (Phi) is 4.32. The molecule has 25 heavy (non-hydrogen) atoms. The molecule has 1 saturated heterocycles. The summed E-state index contributed by atoms with van der Waals surface area (Å²) in [5.74, 6) is 2.29. The molecule has 2 heterocycles. The fraction of sp³-hybridized carbons (Fsp3) is 0.550. The second-order valence-electron chi connectivity index (χ2n) is 7.55. The molecule has 2 fully saturated rings. The van der Waals surface area contributed by atoms with E-state index in [1.165, 1.54) is 5.56 Å². The summed E-state index contributed by atoms with van der Waals surface area (Å²) in [6.45, 7) is 4.89. The van der Waals surface area contributed by atoms with Crippen LogP contribution in [0.15, 0.2) is 34.9 Å². The van der Waals surface area contributed by atoms with Gasteiger partial charge in [-0.1, -0.05) is 49.3 Å². The Labute approximate surface area is 148 Å². The number of carbonyl (C=O) groups excluding carboxylic acids is 1. The van der Waals surface area contributed by atoms with Crippen LogP contribution in [0.4, 0.5) is 0 Å². The Morgan fingerprint density at radius 2 is 2.04 bits per heavy atom. The molecule has 1 aromatic heterocycles. The molecule has 1 aliphatic carbocycles.